The Hall–Kier alpha value is -1.36. The summed E-state index contributed by atoms with van der Waals surface area (Å²) in [6.45, 7) is 7.64. The fourth-order valence-electron chi connectivity index (χ4n) is 1.64. The predicted molar refractivity (Wildman–Crippen MR) is 73.8 cm³/mol. The van der Waals surface area contributed by atoms with Crippen LogP contribution in [0.5, 0.6) is 5.88 Å². The molecule has 0 spiro atoms. The number of hydrogen-bond donors (Lipinski definition) is 2. The summed E-state index contributed by atoms with van der Waals surface area (Å²) < 4.78 is 5.47. The molecule has 18 heavy (non-hydrogen) atoms. The molecule has 1 heterocycles. The van der Waals surface area contributed by atoms with Crippen LogP contribution in [0.3, 0.4) is 0 Å². The second kappa shape index (κ2) is 7.16. The summed E-state index contributed by atoms with van der Waals surface area (Å²) in [5, 5.41) is 3.39. The number of aromatic nitrogens is 2. The van der Waals surface area contributed by atoms with E-state index < -0.39 is 0 Å². The number of rotatable bonds is 8. The number of ether oxygens (including phenoxy) is 1. The number of nitrogens with one attached hydrogen (secondary N) is 1. The second-order valence-electron chi connectivity index (χ2n) is 4.67. The summed E-state index contributed by atoms with van der Waals surface area (Å²) in [6.07, 6.45) is 6.17. The summed E-state index contributed by atoms with van der Waals surface area (Å²) in [6, 6.07) is 0. The smallest absolute Gasteiger partial charge is 0.234 e. The molecule has 0 saturated heterocycles. The maximum Gasteiger partial charge on any atom is 0.234 e. The molecule has 0 fully saturated rings. The van der Waals surface area contributed by atoms with E-state index in [4.69, 9.17) is 10.5 Å². The molecule has 1 aromatic heterocycles. The van der Waals surface area contributed by atoms with Crippen molar-refractivity contribution < 1.29 is 4.74 Å². The fraction of sp³-hybridized carbons (Fsp3) is 0.692. The Morgan fingerprint density at radius 1 is 1.39 bits per heavy atom. The summed E-state index contributed by atoms with van der Waals surface area (Å²) in [4.78, 5) is 8.52. The molecule has 0 bridgehead atoms. The van der Waals surface area contributed by atoms with E-state index in [1.807, 2.05) is 0 Å². The fourth-order valence-corrected chi connectivity index (χ4v) is 1.64. The monoisotopic (exact) mass is 252 g/mol. The van der Waals surface area contributed by atoms with Gasteiger partial charge in [-0.3, -0.25) is 4.98 Å². The Morgan fingerprint density at radius 3 is 2.78 bits per heavy atom. The molecule has 1 aromatic rings. The highest BCUT2D eigenvalue weighted by molar-refractivity contribution is 5.36. The van der Waals surface area contributed by atoms with Gasteiger partial charge in [-0.15, -0.1) is 0 Å². The standard InChI is InChI=1S/C13H24N4O/c1-4-8-18-12-10-15-9-11(16-12)17-13(3,5-2)6-7-14/h9-10H,4-8,14H2,1-3H3,(H,16,17). The molecule has 0 aliphatic rings. The van der Waals surface area contributed by atoms with Gasteiger partial charge < -0.3 is 15.8 Å². The number of hydrogen-bond acceptors (Lipinski definition) is 5. The van der Waals surface area contributed by atoms with Crippen molar-refractivity contribution in [1.29, 1.82) is 0 Å². The van der Waals surface area contributed by atoms with Crippen molar-refractivity contribution >= 4 is 5.82 Å². The minimum absolute atomic E-state index is 0.0488. The van der Waals surface area contributed by atoms with E-state index in [0.717, 1.165) is 25.1 Å². The summed E-state index contributed by atoms with van der Waals surface area (Å²) in [7, 11) is 0. The number of nitrogens with zero attached hydrogens (tertiary/aromatic N) is 2. The molecule has 0 aliphatic heterocycles. The topological polar surface area (TPSA) is 73.1 Å². The molecule has 5 nitrogen and oxygen atoms in total. The first-order chi connectivity index (χ1) is 8.63. The van der Waals surface area contributed by atoms with Crippen LogP contribution in [0.15, 0.2) is 12.4 Å². The Balaban J connectivity index is 2.71. The van der Waals surface area contributed by atoms with Crippen molar-refractivity contribution in [3.8, 4) is 5.88 Å². The molecule has 3 N–H and O–H groups in total. The highest BCUT2D eigenvalue weighted by Crippen LogP contribution is 2.20. The van der Waals surface area contributed by atoms with E-state index >= 15 is 0 Å². The van der Waals surface area contributed by atoms with Crippen LogP contribution in [-0.4, -0.2) is 28.7 Å². The van der Waals surface area contributed by atoms with Gasteiger partial charge in [0, 0.05) is 5.54 Å². The van der Waals surface area contributed by atoms with Gasteiger partial charge in [-0.05, 0) is 32.7 Å². The van der Waals surface area contributed by atoms with Crippen LogP contribution in [0.4, 0.5) is 5.82 Å². The van der Waals surface area contributed by atoms with Gasteiger partial charge in [0.25, 0.3) is 0 Å². The van der Waals surface area contributed by atoms with E-state index in [0.29, 0.717) is 19.0 Å². The normalized spacial score (nSPS) is 14.0. The maximum absolute atomic E-state index is 5.64. The zero-order valence-corrected chi connectivity index (χ0v) is 11.6. The highest BCUT2D eigenvalue weighted by Gasteiger charge is 2.21. The van der Waals surface area contributed by atoms with Crippen LogP contribution in [-0.2, 0) is 0 Å². The van der Waals surface area contributed by atoms with Crippen LogP contribution in [0.25, 0.3) is 0 Å². The number of nitrogens with two attached hydrogens (primary N) is 1. The summed E-state index contributed by atoms with van der Waals surface area (Å²) >= 11 is 0. The zero-order chi connectivity index (χ0) is 13.4. The Kier molecular flexibility index (Phi) is 5.85. The van der Waals surface area contributed by atoms with Gasteiger partial charge in [0.2, 0.25) is 5.88 Å². The molecule has 0 aliphatic carbocycles. The first-order valence-corrected chi connectivity index (χ1v) is 6.56. The van der Waals surface area contributed by atoms with E-state index in [9.17, 15) is 0 Å². The van der Waals surface area contributed by atoms with Crippen LogP contribution in [0.2, 0.25) is 0 Å². The Labute approximate surface area is 109 Å². The molecule has 1 atom stereocenters. The van der Waals surface area contributed by atoms with Gasteiger partial charge in [-0.1, -0.05) is 13.8 Å². The van der Waals surface area contributed by atoms with Crippen molar-refractivity contribution in [2.45, 2.75) is 45.6 Å². The third-order valence-electron chi connectivity index (χ3n) is 2.97. The van der Waals surface area contributed by atoms with Crippen LogP contribution in [0.1, 0.15) is 40.0 Å². The van der Waals surface area contributed by atoms with Gasteiger partial charge in [0.15, 0.2) is 0 Å². The van der Waals surface area contributed by atoms with Crippen molar-refractivity contribution in [2.24, 2.45) is 5.73 Å². The largest absolute Gasteiger partial charge is 0.477 e. The Morgan fingerprint density at radius 2 is 2.17 bits per heavy atom. The van der Waals surface area contributed by atoms with Gasteiger partial charge in [0.1, 0.15) is 5.82 Å². The highest BCUT2D eigenvalue weighted by atomic mass is 16.5. The maximum atomic E-state index is 5.64. The Bertz CT molecular complexity index is 359. The van der Waals surface area contributed by atoms with E-state index in [1.54, 1.807) is 12.4 Å². The average molecular weight is 252 g/mol. The lowest BCUT2D eigenvalue weighted by molar-refractivity contribution is 0.304. The second-order valence-corrected chi connectivity index (χ2v) is 4.67. The lowest BCUT2D eigenvalue weighted by atomic mass is 9.94. The van der Waals surface area contributed by atoms with Crippen molar-refractivity contribution in [2.75, 3.05) is 18.5 Å². The lowest BCUT2D eigenvalue weighted by Gasteiger charge is -2.29. The summed E-state index contributed by atoms with van der Waals surface area (Å²) in [5.74, 6) is 1.30. The van der Waals surface area contributed by atoms with Gasteiger partial charge in [-0.25, -0.2) is 0 Å². The molecule has 0 radical (unpaired) electrons. The molecule has 0 saturated carbocycles. The first-order valence-electron chi connectivity index (χ1n) is 6.56. The zero-order valence-electron chi connectivity index (χ0n) is 11.6. The van der Waals surface area contributed by atoms with Crippen molar-refractivity contribution in [3.63, 3.8) is 0 Å². The average Bonchev–Trinajstić information content (AvgIpc) is 2.37. The molecule has 0 amide bonds. The van der Waals surface area contributed by atoms with Gasteiger partial charge in [0.05, 0.1) is 19.0 Å². The van der Waals surface area contributed by atoms with Crippen LogP contribution in [0, 0.1) is 0 Å². The minimum atomic E-state index is -0.0488. The van der Waals surface area contributed by atoms with Crippen LogP contribution < -0.4 is 15.8 Å². The van der Waals surface area contributed by atoms with E-state index in [2.05, 4.69) is 36.1 Å². The molecule has 0 aromatic carbocycles. The summed E-state index contributed by atoms with van der Waals surface area (Å²) in [5.41, 5.74) is 5.59. The van der Waals surface area contributed by atoms with Crippen molar-refractivity contribution in [1.82, 2.24) is 9.97 Å². The van der Waals surface area contributed by atoms with Crippen molar-refractivity contribution in [3.05, 3.63) is 12.4 Å². The van der Waals surface area contributed by atoms with E-state index in [1.165, 1.54) is 0 Å². The first kappa shape index (κ1) is 14.7. The van der Waals surface area contributed by atoms with Gasteiger partial charge >= 0.3 is 0 Å². The molecular weight excluding hydrogens is 228 g/mol. The third kappa shape index (κ3) is 4.49. The molecular formula is C13H24N4O. The predicted octanol–water partition coefficient (Wildman–Crippen LogP) is 2.19. The molecule has 102 valence electrons. The quantitative estimate of drug-likeness (QED) is 0.742. The molecule has 1 unspecified atom stereocenters. The number of anilines is 1. The molecule has 1 rings (SSSR count). The lowest BCUT2D eigenvalue weighted by Crippen LogP contribution is -2.36. The van der Waals surface area contributed by atoms with Crippen LogP contribution >= 0.6 is 0 Å². The third-order valence-corrected chi connectivity index (χ3v) is 2.97. The van der Waals surface area contributed by atoms with E-state index in [-0.39, 0.29) is 5.54 Å². The van der Waals surface area contributed by atoms with Gasteiger partial charge in [-0.2, -0.15) is 4.98 Å². The minimum Gasteiger partial charge on any atom is -0.477 e. The molecule has 5 heteroatoms. The SMILES string of the molecule is CCCOc1cncc(NC(C)(CC)CCN)n1.